The van der Waals surface area contributed by atoms with Gasteiger partial charge < -0.3 is 9.80 Å². The molecule has 0 saturated carbocycles. The van der Waals surface area contributed by atoms with Crippen molar-refractivity contribution in [3.8, 4) is 0 Å². The average molecular weight is 156 g/mol. The summed E-state index contributed by atoms with van der Waals surface area (Å²) in [7, 11) is 0. The van der Waals surface area contributed by atoms with Crippen molar-refractivity contribution in [3.05, 3.63) is 0 Å². The van der Waals surface area contributed by atoms with Gasteiger partial charge in [-0.1, -0.05) is 6.92 Å². The van der Waals surface area contributed by atoms with Gasteiger partial charge in [0.15, 0.2) is 0 Å². The van der Waals surface area contributed by atoms with Crippen LogP contribution in [0.3, 0.4) is 0 Å². The van der Waals surface area contributed by atoms with Gasteiger partial charge in [-0.3, -0.25) is 4.79 Å². The SMILES string of the molecule is CCN1CCCN(C=O)CC1. The molecule has 11 heavy (non-hydrogen) atoms. The van der Waals surface area contributed by atoms with Crippen molar-refractivity contribution in [1.29, 1.82) is 0 Å². The summed E-state index contributed by atoms with van der Waals surface area (Å²) in [6.45, 7) is 7.27. The molecular formula is C8H16N2O. The quantitative estimate of drug-likeness (QED) is 0.532. The third kappa shape index (κ3) is 2.50. The van der Waals surface area contributed by atoms with Crippen LogP contribution in [0.1, 0.15) is 13.3 Å². The minimum atomic E-state index is 0.900. The summed E-state index contributed by atoms with van der Waals surface area (Å²) >= 11 is 0. The summed E-state index contributed by atoms with van der Waals surface area (Å²) in [4.78, 5) is 14.7. The van der Waals surface area contributed by atoms with Crippen LogP contribution in [0.2, 0.25) is 0 Å². The Bertz CT molecular complexity index is 127. The zero-order valence-electron chi connectivity index (χ0n) is 7.12. The number of nitrogens with zero attached hydrogens (tertiary/aromatic N) is 2. The molecule has 0 atom stereocenters. The third-order valence-electron chi connectivity index (χ3n) is 2.22. The fraction of sp³-hybridized carbons (Fsp3) is 0.875. The molecule has 0 radical (unpaired) electrons. The van der Waals surface area contributed by atoms with Crippen molar-refractivity contribution in [1.82, 2.24) is 9.80 Å². The number of likely N-dealkylation sites (N-methyl/N-ethyl adjacent to an activating group) is 1. The number of carbonyl (C=O) groups is 1. The van der Waals surface area contributed by atoms with Crippen LogP contribution in [0.15, 0.2) is 0 Å². The predicted octanol–water partition coefficient (Wildman–Crippen LogP) is 0.170. The molecule has 0 aliphatic carbocycles. The van der Waals surface area contributed by atoms with Crippen LogP contribution in [0.5, 0.6) is 0 Å². The van der Waals surface area contributed by atoms with Gasteiger partial charge in [0, 0.05) is 19.6 Å². The van der Waals surface area contributed by atoms with Crippen molar-refractivity contribution in [3.63, 3.8) is 0 Å². The molecule has 3 nitrogen and oxygen atoms in total. The number of hydrogen-bond acceptors (Lipinski definition) is 2. The Kier molecular flexibility index (Phi) is 3.36. The van der Waals surface area contributed by atoms with E-state index < -0.39 is 0 Å². The number of amides is 1. The second-order valence-corrected chi connectivity index (χ2v) is 2.93. The highest BCUT2D eigenvalue weighted by Crippen LogP contribution is 1.99. The molecule has 3 heteroatoms. The lowest BCUT2D eigenvalue weighted by Crippen LogP contribution is -2.29. The normalized spacial score (nSPS) is 21.4. The maximum atomic E-state index is 10.4. The monoisotopic (exact) mass is 156 g/mol. The van der Waals surface area contributed by atoms with E-state index in [4.69, 9.17) is 0 Å². The van der Waals surface area contributed by atoms with Crippen molar-refractivity contribution in [2.24, 2.45) is 0 Å². The first-order valence-electron chi connectivity index (χ1n) is 4.28. The maximum absolute atomic E-state index is 10.4. The van der Waals surface area contributed by atoms with Crippen LogP contribution in [0, 0.1) is 0 Å². The van der Waals surface area contributed by atoms with Crippen molar-refractivity contribution in [2.45, 2.75) is 13.3 Å². The molecule has 1 aliphatic heterocycles. The fourth-order valence-electron chi connectivity index (χ4n) is 1.41. The van der Waals surface area contributed by atoms with E-state index in [9.17, 15) is 4.79 Å². The molecule has 1 amide bonds. The van der Waals surface area contributed by atoms with Crippen molar-refractivity contribution < 1.29 is 4.79 Å². The molecule has 64 valence electrons. The fourth-order valence-corrected chi connectivity index (χ4v) is 1.41. The highest BCUT2D eigenvalue weighted by atomic mass is 16.1. The Hall–Kier alpha value is -0.570. The first-order valence-corrected chi connectivity index (χ1v) is 4.28. The van der Waals surface area contributed by atoms with Gasteiger partial charge >= 0.3 is 0 Å². The Morgan fingerprint density at radius 3 is 2.73 bits per heavy atom. The topological polar surface area (TPSA) is 23.6 Å². The Labute approximate surface area is 68.0 Å². The van der Waals surface area contributed by atoms with Gasteiger partial charge in [0.2, 0.25) is 6.41 Å². The number of rotatable bonds is 2. The van der Waals surface area contributed by atoms with Crippen LogP contribution < -0.4 is 0 Å². The van der Waals surface area contributed by atoms with Crippen LogP contribution >= 0.6 is 0 Å². The van der Waals surface area contributed by atoms with E-state index >= 15 is 0 Å². The summed E-state index contributed by atoms with van der Waals surface area (Å²) in [5.41, 5.74) is 0. The largest absolute Gasteiger partial charge is 0.344 e. The lowest BCUT2D eigenvalue weighted by molar-refractivity contribution is -0.118. The van der Waals surface area contributed by atoms with E-state index in [0.717, 1.165) is 45.6 Å². The molecule has 1 heterocycles. The summed E-state index contributed by atoms with van der Waals surface area (Å²) in [6, 6.07) is 0. The molecule has 1 fully saturated rings. The summed E-state index contributed by atoms with van der Waals surface area (Å²) in [6.07, 6.45) is 2.08. The molecule has 0 aromatic heterocycles. The average Bonchev–Trinajstić information content (AvgIpc) is 2.28. The van der Waals surface area contributed by atoms with E-state index in [1.807, 2.05) is 4.90 Å². The molecule has 0 aromatic rings. The summed E-state index contributed by atoms with van der Waals surface area (Å²) in [5, 5.41) is 0. The van der Waals surface area contributed by atoms with Gasteiger partial charge in [0.25, 0.3) is 0 Å². The van der Waals surface area contributed by atoms with Crippen molar-refractivity contribution in [2.75, 3.05) is 32.7 Å². The molecule has 1 saturated heterocycles. The Morgan fingerprint density at radius 1 is 1.27 bits per heavy atom. The molecule has 0 spiro atoms. The minimum absolute atomic E-state index is 0.900. The van der Waals surface area contributed by atoms with Gasteiger partial charge in [-0.2, -0.15) is 0 Å². The van der Waals surface area contributed by atoms with E-state index in [1.165, 1.54) is 0 Å². The highest BCUT2D eigenvalue weighted by molar-refractivity contribution is 5.46. The van der Waals surface area contributed by atoms with Gasteiger partial charge in [-0.25, -0.2) is 0 Å². The third-order valence-corrected chi connectivity index (χ3v) is 2.22. The second kappa shape index (κ2) is 4.34. The van der Waals surface area contributed by atoms with Crippen LogP contribution in [0.4, 0.5) is 0 Å². The second-order valence-electron chi connectivity index (χ2n) is 2.93. The van der Waals surface area contributed by atoms with E-state index in [2.05, 4.69) is 11.8 Å². The number of carbonyl (C=O) groups excluding carboxylic acids is 1. The van der Waals surface area contributed by atoms with E-state index in [1.54, 1.807) is 0 Å². The predicted molar refractivity (Wildman–Crippen MR) is 44.4 cm³/mol. The molecule has 0 aromatic carbocycles. The Morgan fingerprint density at radius 2 is 2.09 bits per heavy atom. The van der Waals surface area contributed by atoms with Gasteiger partial charge in [-0.15, -0.1) is 0 Å². The zero-order chi connectivity index (χ0) is 8.10. The lowest BCUT2D eigenvalue weighted by Gasteiger charge is -2.16. The van der Waals surface area contributed by atoms with E-state index in [0.29, 0.717) is 0 Å². The summed E-state index contributed by atoms with van der Waals surface area (Å²) in [5.74, 6) is 0. The Balaban J connectivity index is 2.32. The summed E-state index contributed by atoms with van der Waals surface area (Å²) < 4.78 is 0. The number of hydrogen-bond donors (Lipinski definition) is 0. The molecule has 0 unspecified atom stereocenters. The molecule has 0 N–H and O–H groups in total. The standard InChI is InChI=1S/C8H16N2O/c1-2-9-4-3-5-10(8-11)7-6-9/h8H,2-7H2,1H3. The van der Waals surface area contributed by atoms with E-state index in [-0.39, 0.29) is 0 Å². The van der Waals surface area contributed by atoms with Crippen molar-refractivity contribution >= 4 is 6.41 Å². The van der Waals surface area contributed by atoms with Gasteiger partial charge in [0.05, 0.1) is 0 Å². The first-order chi connectivity index (χ1) is 5.36. The van der Waals surface area contributed by atoms with Crippen LogP contribution in [-0.2, 0) is 4.79 Å². The minimum Gasteiger partial charge on any atom is -0.344 e. The maximum Gasteiger partial charge on any atom is 0.209 e. The lowest BCUT2D eigenvalue weighted by atomic mass is 10.4. The van der Waals surface area contributed by atoms with Crippen LogP contribution in [0.25, 0.3) is 0 Å². The van der Waals surface area contributed by atoms with Gasteiger partial charge in [0.1, 0.15) is 0 Å². The van der Waals surface area contributed by atoms with Crippen LogP contribution in [-0.4, -0.2) is 48.9 Å². The molecular weight excluding hydrogens is 140 g/mol. The smallest absolute Gasteiger partial charge is 0.209 e. The van der Waals surface area contributed by atoms with Gasteiger partial charge in [-0.05, 0) is 19.5 Å². The molecule has 1 aliphatic rings. The first kappa shape index (κ1) is 8.53. The zero-order valence-corrected chi connectivity index (χ0v) is 7.12. The highest BCUT2D eigenvalue weighted by Gasteiger charge is 2.10. The molecule has 0 bridgehead atoms. The molecule has 1 rings (SSSR count).